The predicted octanol–water partition coefficient (Wildman–Crippen LogP) is 2.46. The summed E-state index contributed by atoms with van der Waals surface area (Å²) in [5, 5.41) is 29.0. The fraction of sp³-hybridized carbons (Fsp3) is 0.571. The maximum absolute atomic E-state index is 10.3. The van der Waals surface area contributed by atoms with Crippen molar-refractivity contribution in [1.82, 2.24) is 0 Å². The van der Waals surface area contributed by atoms with E-state index in [4.69, 9.17) is 5.73 Å². The van der Waals surface area contributed by atoms with E-state index in [0.29, 0.717) is 5.56 Å². The third kappa shape index (κ3) is 3.75. The van der Waals surface area contributed by atoms with Gasteiger partial charge in [-0.15, -0.1) is 12.4 Å². The van der Waals surface area contributed by atoms with Gasteiger partial charge in [-0.25, -0.2) is 0 Å². The van der Waals surface area contributed by atoms with Crippen LogP contribution in [0.15, 0.2) is 18.2 Å². The van der Waals surface area contributed by atoms with E-state index >= 15 is 0 Å². The third-order valence-corrected chi connectivity index (χ3v) is 3.89. The van der Waals surface area contributed by atoms with Gasteiger partial charge in [0.05, 0.1) is 12.1 Å². The van der Waals surface area contributed by atoms with Crippen LogP contribution < -0.4 is 5.73 Å². The number of nitrogens with two attached hydrogens (primary N) is 1. The van der Waals surface area contributed by atoms with Crippen LogP contribution in [0.1, 0.15) is 43.7 Å². The van der Waals surface area contributed by atoms with Gasteiger partial charge in [0.1, 0.15) is 0 Å². The van der Waals surface area contributed by atoms with Crippen molar-refractivity contribution in [2.24, 2.45) is 11.7 Å². The lowest BCUT2D eigenvalue weighted by atomic mass is 9.81. The molecule has 1 aromatic carbocycles. The zero-order chi connectivity index (χ0) is 13.1. The van der Waals surface area contributed by atoms with Crippen LogP contribution in [0.2, 0.25) is 0 Å². The molecule has 0 heterocycles. The first kappa shape index (κ1) is 16.1. The Morgan fingerprint density at radius 1 is 1.05 bits per heavy atom. The number of hydrogen-bond acceptors (Lipinski definition) is 4. The normalized spacial score (nSPS) is 19.5. The number of phenolic OH excluding ortho intramolecular Hbond substituents is 2. The number of phenols is 2. The lowest BCUT2D eigenvalue weighted by Crippen LogP contribution is -2.34. The Bertz CT molecular complexity index is 408. The van der Waals surface area contributed by atoms with E-state index in [1.165, 1.54) is 18.6 Å². The van der Waals surface area contributed by atoms with Crippen molar-refractivity contribution >= 4 is 12.4 Å². The van der Waals surface area contributed by atoms with Crippen molar-refractivity contribution in [2.45, 2.75) is 44.2 Å². The number of hydrogen-bond donors (Lipinski definition) is 4. The van der Waals surface area contributed by atoms with Gasteiger partial charge in [-0.05, 0) is 36.5 Å². The van der Waals surface area contributed by atoms with Gasteiger partial charge in [-0.1, -0.05) is 25.3 Å². The Morgan fingerprint density at radius 2 is 1.68 bits per heavy atom. The van der Waals surface area contributed by atoms with Crippen LogP contribution in [0.3, 0.4) is 0 Å². The molecule has 0 aliphatic heterocycles. The highest BCUT2D eigenvalue weighted by Crippen LogP contribution is 2.33. The van der Waals surface area contributed by atoms with Crippen LogP contribution >= 0.6 is 12.4 Å². The van der Waals surface area contributed by atoms with Crippen molar-refractivity contribution in [3.05, 3.63) is 23.8 Å². The molecule has 4 nitrogen and oxygen atoms in total. The van der Waals surface area contributed by atoms with Gasteiger partial charge in [-0.3, -0.25) is 0 Å². The van der Waals surface area contributed by atoms with Crippen LogP contribution in [-0.4, -0.2) is 21.4 Å². The second kappa shape index (κ2) is 6.98. The Labute approximate surface area is 119 Å². The molecule has 5 heteroatoms. The monoisotopic (exact) mass is 287 g/mol. The average molecular weight is 288 g/mol. The molecular weight excluding hydrogens is 266 g/mol. The number of aliphatic hydroxyl groups excluding tert-OH is 1. The highest BCUT2D eigenvalue weighted by molar-refractivity contribution is 5.85. The number of benzene rings is 1. The summed E-state index contributed by atoms with van der Waals surface area (Å²) in [6.45, 7) is 0. The van der Waals surface area contributed by atoms with Crippen LogP contribution in [0.25, 0.3) is 0 Å². The van der Waals surface area contributed by atoms with E-state index in [-0.39, 0.29) is 29.8 Å². The number of aliphatic hydroxyl groups is 1. The Morgan fingerprint density at radius 3 is 2.26 bits per heavy atom. The molecule has 1 aliphatic rings. The first-order valence-electron chi connectivity index (χ1n) is 6.55. The van der Waals surface area contributed by atoms with Gasteiger partial charge in [0.2, 0.25) is 0 Å². The fourth-order valence-electron chi connectivity index (χ4n) is 2.71. The molecular formula is C14H22ClNO3. The van der Waals surface area contributed by atoms with Gasteiger partial charge in [0.15, 0.2) is 11.5 Å². The van der Waals surface area contributed by atoms with Crippen molar-refractivity contribution in [3.8, 4) is 11.5 Å². The van der Waals surface area contributed by atoms with Gasteiger partial charge in [0.25, 0.3) is 0 Å². The minimum absolute atomic E-state index is 0. The SMILES string of the molecule is Cl.N[C@H](c1ccc(O)c(O)c1)[C@@H](O)C1CCCCC1. The van der Waals surface area contributed by atoms with E-state index in [0.717, 1.165) is 25.7 Å². The van der Waals surface area contributed by atoms with Crippen LogP contribution in [0, 0.1) is 5.92 Å². The predicted molar refractivity (Wildman–Crippen MR) is 76.5 cm³/mol. The van der Waals surface area contributed by atoms with Gasteiger partial charge in [0, 0.05) is 0 Å². The minimum Gasteiger partial charge on any atom is -0.504 e. The summed E-state index contributed by atoms with van der Waals surface area (Å²) in [6, 6.07) is 3.95. The molecule has 1 saturated carbocycles. The molecule has 1 fully saturated rings. The molecule has 2 rings (SSSR count). The van der Waals surface area contributed by atoms with E-state index in [2.05, 4.69) is 0 Å². The molecule has 19 heavy (non-hydrogen) atoms. The Kier molecular flexibility index (Phi) is 5.91. The Balaban J connectivity index is 0.00000180. The first-order valence-corrected chi connectivity index (χ1v) is 6.55. The number of aromatic hydroxyl groups is 2. The average Bonchev–Trinajstić information content (AvgIpc) is 2.41. The summed E-state index contributed by atoms with van der Waals surface area (Å²) in [4.78, 5) is 0. The molecule has 0 unspecified atom stereocenters. The molecule has 0 bridgehead atoms. The van der Waals surface area contributed by atoms with Gasteiger partial charge >= 0.3 is 0 Å². The van der Waals surface area contributed by atoms with Crippen molar-refractivity contribution in [3.63, 3.8) is 0 Å². The fourth-order valence-corrected chi connectivity index (χ4v) is 2.71. The van der Waals surface area contributed by atoms with E-state index in [1.54, 1.807) is 6.07 Å². The standard InChI is InChI=1S/C14H21NO3.ClH/c15-13(10-6-7-11(16)12(17)8-10)14(18)9-4-2-1-3-5-9;/h6-9,13-14,16-18H,1-5,15H2;1H/t13-,14+;/m1./s1. The molecule has 1 aromatic rings. The minimum atomic E-state index is -0.589. The highest BCUT2D eigenvalue weighted by atomic mass is 35.5. The maximum atomic E-state index is 10.3. The Hall–Kier alpha value is -0.970. The second-order valence-corrected chi connectivity index (χ2v) is 5.16. The lowest BCUT2D eigenvalue weighted by molar-refractivity contribution is 0.0617. The molecule has 1 aliphatic carbocycles. The van der Waals surface area contributed by atoms with E-state index in [9.17, 15) is 15.3 Å². The van der Waals surface area contributed by atoms with Crippen molar-refractivity contribution < 1.29 is 15.3 Å². The molecule has 108 valence electrons. The molecule has 5 N–H and O–H groups in total. The molecule has 2 atom stereocenters. The summed E-state index contributed by atoms with van der Waals surface area (Å²) in [6.07, 6.45) is 4.97. The van der Waals surface area contributed by atoms with Gasteiger partial charge in [-0.2, -0.15) is 0 Å². The molecule has 0 saturated heterocycles. The summed E-state index contributed by atoms with van der Waals surface area (Å²) >= 11 is 0. The van der Waals surface area contributed by atoms with Crippen LogP contribution in [0.4, 0.5) is 0 Å². The van der Waals surface area contributed by atoms with E-state index in [1.807, 2.05) is 0 Å². The van der Waals surface area contributed by atoms with E-state index < -0.39 is 12.1 Å². The summed E-state index contributed by atoms with van der Waals surface area (Å²) in [5.41, 5.74) is 6.70. The second-order valence-electron chi connectivity index (χ2n) is 5.16. The lowest BCUT2D eigenvalue weighted by Gasteiger charge is -2.30. The zero-order valence-corrected chi connectivity index (χ0v) is 11.6. The zero-order valence-electron chi connectivity index (χ0n) is 10.8. The molecule has 0 aromatic heterocycles. The largest absolute Gasteiger partial charge is 0.504 e. The molecule has 0 radical (unpaired) electrons. The maximum Gasteiger partial charge on any atom is 0.157 e. The number of rotatable bonds is 3. The quantitative estimate of drug-likeness (QED) is 0.643. The topological polar surface area (TPSA) is 86.7 Å². The summed E-state index contributed by atoms with van der Waals surface area (Å²) in [5.74, 6) is -0.124. The molecule has 0 amide bonds. The summed E-state index contributed by atoms with van der Waals surface area (Å²) in [7, 11) is 0. The first-order chi connectivity index (χ1) is 8.59. The van der Waals surface area contributed by atoms with Crippen LogP contribution in [0.5, 0.6) is 11.5 Å². The smallest absolute Gasteiger partial charge is 0.157 e. The highest BCUT2D eigenvalue weighted by Gasteiger charge is 2.27. The van der Waals surface area contributed by atoms with Crippen LogP contribution in [-0.2, 0) is 0 Å². The molecule has 0 spiro atoms. The van der Waals surface area contributed by atoms with Gasteiger partial charge < -0.3 is 21.1 Å². The third-order valence-electron chi connectivity index (χ3n) is 3.89. The van der Waals surface area contributed by atoms with Crippen molar-refractivity contribution in [2.75, 3.05) is 0 Å². The summed E-state index contributed by atoms with van der Waals surface area (Å²) < 4.78 is 0. The number of halogens is 1. The van der Waals surface area contributed by atoms with Crippen molar-refractivity contribution in [1.29, 1.82) is 0 Å².